The summed E-state index contributed by atoms with van der Waals surface area (Å²) >= 11 is 0. The van der Waals surface area contributed by atoms with Gasteiger partial charge in [-0.3, -0.25) is 9.59 Å². The van der Waals surface area contributed by atoms with Crippen molar-refractivity contribution in [3.8, 4) is 0 Å². The van der Waals surface area contributed by atoms with E-state index in [9.17, 15) is 9.59 Å². The van der Waals surface area contributed by atoms with Gasteiger partial charge in [0.25, 0.3) is 0 Å². The standard InChI is InChI=1S/C16H20N2O2/c1-12(19)18(2)15-9-7-14(8-10-15)17-16(20)11-13-5-3-4-6-13/h3,5,7-10,13H,4,6,11H2,1-2H3,(H,17,20)/t13-/m1/s1. The average molecular weight is 272 g/mol. The Morgan fingerprint density at radius 3 is 2.55 bits per heavy atom. The smallest absolute Gasteiger partial charge is 0.224 e. The van der Waals surface area contributed by atoms with Crippen LogP contribution in [0.3, 0.4) is 0 Å². The van der Waals surface area contributed by atoms with Gasteiger partial charge in [-0.1, -0.05) is 12.2 Å². The maximum Gasteiger partial charge on any atom is 0.224 e. The van der Waals surface area contributed by atoms with Gasteiger partial charge < -0.3 is 10.2 Å². The van der Waals surface area contributed by atoms with Crippen LogP contribution in [0.2, 0.25) is 0 Å². The van der Waals surface area contributed by atoms with Crippen LogP contribution >= 0.6 is 0 Å². The van der Waals surface area contributed by atoms with E-state index in [1.54, 1.807) is 11.9 Å². The van der Waals surface area contributed by atoms with Crippen LogP contribution in [0.1, 0.15) is 26.2 Å². The van der Waals surface area contributed by atoms with Gasteiger partial charge >= 0.3 is 0 Å². The van der Waals surface area contributed by atoms with E-state index in [0.717, 1.165) is 24.2 Å². The van der Waals surface area contributed by atoms with Crippen molar-refractivity contribution in [3.05, 3.63) is 36.4 Å². The number of nitrogens with zero attached hydrogens (tertiary/aromatic N) is 1. The van der Waals surface area contributed by atoms with Crippen LogP contribution in [0.25, 0.3) is 0 Å². The van der Waals surface area contributed by atoms with Crippen molar-refractivity contribution in [2.75, 3.05) is 17.3 Å². The van der Waals surface area contributed by atoms with E-state index in [2.05, 4.69) is 17.5 Å². The monoisotopic (exact) mass is 272 g/mol. The molecule has 0 heterocycles. The Morgan fingerprint density at radius 1 is 1.30 bits per heavy atom. The number of amides is 2. The second kappa shape index (κ2) is 6.37. The zero-order valence-corrected chi connectivity index (χ0v) is 11.9. The number of hydrogen-bond donors (Lipinski definition) is 1. The summed E-state index contributed by atoms with van der Waals surface area (Å²) in [5.74, 6) is 0.391. The minimum atomic E-state index is -0.0187. The van der Waals surface area contributed by atoms with Gasteiger partial charge in [-0.15, -0.1) is 0 Å². The fourth-order valence-corrected chi connectivity index (χ4v) is 2.27. The number of nitrogens with one attached hydrogen (secondary N) is 1. The molecule has 0 aromatic heterocycles. The van der Waals surface area contributed by atoms with E-state index in [1.807, 2.05) is 24.3 Å². The molecule has 20 heavy (non-hydrogen) atoms. The molecule has 2 rings (SSSR count). The highest BCUT2D eigenvalue weighted by atomic mass is 16.2. The van der Waals surface area contributed by atoms with E-state index < -0.39 is 0 Å². The molecule has 4 heteroatoms. The van der Waals surface area contributed by atoms with Crippen molar-refractivity contribution < 1.29 is 9.59 Å². The van der Waals surface area contributed by atoms with Crippen LogP contribution in [0.5, 0.6) is 0 Å². The maximum atomic E-state index is 11.9. The molecule has 1 aliphatic carbocycles. The van der Waals surface area contributed by atoms with Crippen molar-refractivity contribution in [1.82, 2.24) is 0 Å². The lowest BCUT2D eigenvalue weighted by molar-refractivity contribution is -0.117. The first-order chi connectivity index (χ1) is 9.56. The molecule has 0 fully saturated rings. The first-order valence-electron chi connectivity index (χ1n) is 6.87. The lowest BCUT2D eigenvalue weighted by Crippen LogP contribution is -2.22. The minimum Gasteiger partial charge on any atom is -0.326 e. The molecule has 0 aliphatic heterocycles. The number of carbonyl (C=O) groups excluding carboxylic acids is 2. The summed E-state index contributed by atoms with van der Waals surface area (Å²) in [5, 5.41) is 2.89. The topological polar surface area (TPSA) is 49.4 Å². The van der Waals surface area contributed by atoms with Crippen molar-refractivity contribution in [2.24, 2.45) is 5.92 Å². The van der Waals surface area contributed by atoms with Gasteiger partial charge in [0.05, 0.1) is 0 Å². The summed E-state index contributed by atoms with van der Waals surface area (Å²) in [7, 11) is 1.72. The third-order valence-electron chi connectivity index (χ3n) is 3.57. The highest BCUT2D eigenvalue weighted by Crippen LogP contribution is 2.22. The molecule has 1 aromatic carbocycles. The fraction of sp³-hybridized carbons (Fsp3) is 0.375. The molecule has 0 bridgehead atoms. The summed E-state index contributed by atoms with van der Waals surface area (Å²) in [6.07, 6.45) is 6.92. The quantitative estimate of drug-likeness (QED) is 0.857. The Labute approximate surface area is 119 Å². The van der Waals surface area contributed by atoms with Crippen LogP contribution in [0, 0.1) is 5.92 Å². The van der Waals surface area contributed by atoms with Gasteiger partial charge in [-0.2, -0.15) is 0 Å². The summed E-state index contributed by atoms with van der Waals surface area (Å²) in [6, 6.07) is 7.29. The Bertz CT molecular complexity index is 520. The Hall–Kier alpha value is -2.10. The number of carbonyl (C=O) groups is 2. The number of anilines is 2. The van der Waals surface area contributed by atoms with Crippen LogP contribution in [0.4, 0.5) is 11.4 Å². The second-order valence-electron chi connectivity index (χ2n) is 5.14. The van der Waals surface area contributed by atoms with Crippen LogP contribution in [-0.4, -0.2) is 18.9 Å². The predicted molar refractivity (Wildman–Crippen MR) is 80.6 cm³/mol. The largest absolute Gasteiger partial charge is 0.326 e. The molecule has 1 N–H and O–H groups in total. The normalized spacial score (nSPS) is 17.0. The highest BCUT2D eigenvalue weighted by Gasteiger charge is 2.14. The molecule has 4 nitrogen and oxygen atoms in total. The van der Waals surface area contributed by atoms with Crippen LogP contribution < -0.4 is 10.2 Å². The molecular weight excluding hydrogens is 252 g/mol. The van der Waals surface area contributed by atoms with Gasteiger partial charge in [0, 0.05) is 31.8 Å². The molecule has 1 atom stereocenters. The fourth-order valence-electron chi connectivity index (χ4n) is 2.27. The molecule has 106 valence electrons. The van der Waals surface area contributed by atoms with Gasteiger partial charge in [0.15, 0.2) is 0 Å². The summed E-state index contributed by atoms with van der Waals surface area (Å²) in [5.41, 5.74) is 1.58. The van der Waals surface area contributed by atoms with E-state index in [0.29, 0.717) is 12.3 Å². The molecular formula is C16H20N2O2. The number of allylic oxidation sites excluding steroid dienone is 2. The Morgan fingerprint density at radius 2 is 2.00 bits per heavy atom. The maximum absolute atomic E-state index is 11.9. The van der Waals surface area contributed by atoms with E-state index >= 15 is 0 Å². The Kier molecular flexibility index (Phi) is 4.56. The van der Waals surface area contributed by atoms with Crippen molar-refractivity contribution in [2.45, 2.75) is 26.2 Å². The zero-order chi connectivity index (χ0) is 14.5. The molecule has 0 spiro atoms. The predicted octanol–water partition coefficient (Wildman–Crippen LogP) is 2.96. The number of benzene rings is 1. The van der Waals surface area contributed by atoms with Gasteiger partial charge in [0.2, 0.25) is 11.8 Å². The van der Waals surface area contributed by atoms with Crippen molar-refractivity contribution >= 4 is 23.2 Å². The summed E-state index contributed by atoms with van der Waals surface area (Å²) < 4.78 is 0. The lowest BCUT2D eigenvalue weighted by atomic mass is 10.1. The molecule has 1 aromatic rings. The molecule has 0 saturated heterocycles. The summed E-state index contributed by atoms with van der Waals surface area (Å²) in [4.78, 5) is 24.7. The third-order valence-corrected chi connectivity index (χ3v) is 3.57. The number of rotatable bonds is 4. The lowest BCUT2D eigenvalue weighted by Gasteiger charge is -2.15. The molecule has 2 amide bonds. The van der Waals surface area contributed by atoms with Gasteiger partial charge in [0.1, 0.15) is 0 Å². The van der Waals surface area contributed by atoms with Crippen LogP contribution in [-0.2, 0) is 9.59 Å². The van der Waals surface area contributed by atoms with Crippen molar-refractivity contribution in [1.29, 1.82) is 0 Å². The first-order valence-corrected chi connectivity index (χ1v) is 6.87. The van der Waals surface area contributed by atoms with E-state index in [1.165, 1.54) is 6.92 Å². The van der Waals surface area contributed by atoms with E-state index in [-0.39, 0.29) is 11.8 Å². The molecule has 0 saturated carbocycles. The summed E-state index contributed by atoms with van der Waals surface area (Å²) in [6.45, 7) is 1.52. The van der Waals surface area contributed by atoms with E-state index in [4.69, 9.17) is 0 Å². The first kappa shape index (κ1) is 14.3. The van der Waals surface area contributed by atoms with Gasteiger partial charge in [-0.25, -0.2) is 0 Å². The number of hydrogen-bond acceptors (Lipinski definition) is 2. The van der Waals surface area contributed by atoms with Crippen LogP contribution in [0.15, 0.2) is 36.4 Å². The molecule has 1 aliphatic rings. The Balaban J connectivity index is 1.91. The SMILES string of the molecule is CC(=O)N(C)c1ccc(NC(=O)C[C@@H]2C=CCC2)cc1. The molecule has 0 radical (unpaired) electrons. The highest BCUT2D eigenvalue weighted by molar-refractivity contribution is 5.93. The third kappa shape index (κ3) is 3.70. The van der Waals surface area contributed by atoms with Crippen molar-refractivity contribution in [3.63, 3.8) is 0 Å². The average Bonchev–Trinajstić information content (AvgIpc) is 2.91. The van der Waals surface area contributed by atoms with Gasteiger partial charge in [-0.05, 0) is 43.0 Å². The molecule has 0 unspecified atom stereocenters. The zero-order valence-electron chi connectivity index (χ0n) is 11.9. The minimum absolute atomic E-state index is 0.0187. The second-order valence-corrected chi connectivity index (χ2v) is 5.14.